The zero-order valence-electron chi connectivity index (χ0n) is 12.4. The van der Waals surface area contributed by atoms with E-state index >= 15 is 0 Å². The lowest BCUT2D eigenvalue weighted by molar-refractivity contribution is 0.612. The van der Waals surface area contributed by atoms with Gasteiger partial charge in [0.2, 0.25) is 0 Å². The van der Waals surface area contributed by atoms with Crippen molar-refractivity contribution in [2.75, 3.05) is 11.5 Å². The van der Waals surface area contributed by atoms with Crippen molar-refractivity contribution in [2.24, 2.45) is 11.7 Å². The maximum atomic E-state index is 12.0. The number of nitrogens with two attached hydrogens (primary N) is 1. The summed E-state index contributed by atoms with van der Waals surface area (Å²) in [6.45, 7) is 6.45. The standard InChI is InChI=1S/C16H27NOS/c1-4-6-14-7-9-15(10-8-14)16(17)12-19(18)11-13(3)5-2/h7-10,13,16H,4-6,11-12,17H2,1-3H3. The van der Waals surface area contributed by atoms with Crippen LogP contribution in [0, 0.1) is 5.92 Å². The Morgan fingerprint density at radius 1 is 1.16 bits per heavy atom. The van der Waals surface area contributed by atoms with E-state index in [4.69, 9.17) is 5.73 Å². The number of benzene rings is 1. The van der Waals surface area contributed by atoms with Crippen molar-refractivity contribution < 1.29 is 4.21 Å². The molecule has 0 aliphatic heterocycles. The van der Waals surface area contributed by atoms with Gasteiger partial charge in [-0.1, -0.05) is 57.9 Å². The first kappa shape index (κ1) is 16.4. The lowest BCUT2D eigenvalue weighted by Gasteiger charge is -2.14. The molecule has 3 atom stereocenters. The minimum absolute atomic E-state index is 0.111. The predicted molar refractivity (Wildman–Crippen MR) is 84.7 cm³/mol. The van der Waals surface area contributed by atoms with Gasteiger partial charge in [-0.05, 0) is 23.5 Å². The second-order valence-corrected chi connectivity index (χ2v) is 6.93. The van der Waals surface area contributed by atoms with Gasteiger partial charge in [0.05, 0.1) is 0 Å². The van der Waals surface area contributed by atoms with Crippen LogP contribution in [0.2, 0.25) is 0 Å². The number of hydrogen-bond donors (Lipinski definition) is 1. The first-order valence-corrected chi connectivity index (χ1v) is 8.75. The van der Waals surface area contributed by atoms with Gasteiger partial charge in [0.25, 0.3) is 0 Å². The number of aryl methyl sites for hydroxylation is 1. The highest BCUT2D eigenvalue weighted by Crippen LogP contribution is 2.15. The normalized spacial score (nSPS) is 16.0. The van der Waals surface area contributed by atoms with E-state index < -0.39 is 10.8 Å². The zero-order valence-corrected chi connectivity index (χ0v) is 13.2. The molecular weight excluding hydrogens is 254 g/mol. The van der Waals surface area contributed by atoms with Gasteiger partial charge in [0, 0.05) is 28.3 Å². The average Bonchev–Trinajstić information content (AvgIpc) is 2.39. The molecule has 0 saturated heterocycles. The van der Waals surface area contributed by atoms with Crippen LogP contribution in [0.25, 0.3) is 0 Å². The fourth-order valence-corrected chi connectivity index (χ4v) is 3.62. The maximum absolute atomic E-state index is 12.0. The SMILES string of the molecule is CCCc1ccc(C(N)CS(=O)CC(C)CC)cc1. The van der Waals surface area contributed by atoms with Gasteiger partial charge in [0.1, 0.15) is 0 Å². The van der Waals surface area contributed by atoms with Gasteiger partial charge < -0.3 is 5.73 Å². The van der Waals surface area contributed by atoms with Crippen LogP contribution in [0.15, 0.2) is 24.3 Å². The zero-order chi connectivity index (χ0) is 14.3. The molecule has 19 heavy (non-hydrogen) atoms. The molecule has 108 valence electrons. The third kappa shape index (κ3) is 5.87. The van der Waals surface area contributed by atoms with Gasteiger partial charge in [-0.25, -0.2) is 0 Å². The van der Waals surface area contributed by atoms with Crippen molar-refractivity contribution in [2.45, 2.75) is 46.1 Å². The fraction of sp³-hybridized carbons (Fsp3) is 0.625. The minimum atomic E-state index is -0.814. The molecule has 2 N–H and O–H groups in total. The Balaban J connectivity index is 2.52. The van der Waals surface area contributed by atoms with E-state index in [0.29, 0.717) is 11.7 Å². The summed E-state index contributed by atoms with van der Waals surface area (Å²) >= 11 is 0. The van der Waals surface area contributed by atoms with Crippen molar-refractivity contribution in [3.05, 3.63) is 35.4 Å². The Bertz CT molecular complexity index is 388. The van der Waals surface area contributed by atoms with Crippen LogP contribution in [0.4, 0.5) is 0 Å². The topological polar surface area (TPSA) is 43.1 Å². The molecule has 0 aromatic heterocycles. The molecule has 3 heteroatoms. The molecule has 0 spiro atoms. The Morgan fingerprint density at radius 2 is 1.79 bits per heavy atom. The van der Waals surface area contributed by atoms with Crippen molar-refractivity contribution >= 4 is 10.8 Å². The Labute approximate surface area is 120 Å². The molecule has 0 amide bonds. The molecule has 0 fully saturated rings. The van der Waals surface area contributed by atoms with Crippen molar-refractivity contribution in [1.29, 1.82) is 0 Å². The molecule has 1 rings (SSSR count). The summed E-state index contributed by atoms with van der Waals surface area (Å²) in [6, 6.07) is 8.32. The summed E-state index contributed by atoms with van der Waals surface area (Å²) in [5, 5.41) is 0. The summed E-state index contributed by atoms with van der Waals surface area (Å²) < 4.78 is 12.0. The summed E-state index contributed by atoms with van der Waals surface area (Å²) in [5.41, 5.74) is 8.59. The third-order valence-corrected chi connectivity index (χ3v) is 5.15. The lowest BCUT2D eigenvalue weighted by atomic mass is 10.0. The van der Waals surface area contributed by atoms with Crippen LogP contribution in [-0.4, -0.2) is 15.7 Å². The van der Waals surface area contributed by atoms with Gasteiger partial charge in [-0.2, -0.15) is 0 Å². The van der Waals surface area contributed by atoms with E-state index in [1.807, 2.05) is 0 Å². The molecule has 1 aromatic rings. The summed E-state index contributed by atoms with van der Waals surface area (Å²) in [4.78, 5) is 0. The maximum Gasteiger partial charge on any atom is 0.0428 e. The first-order chi connectivity index (χ1) is 9.06. The first-order valence-electron chi connectivity index (χ1n) is 7.26. The smallest absolute Gasteiger partial charge is 0.0428 e. The van der Waals surface area contributed by atoms with Gasteiger partial charge in [-0.3, -0.25) is 4.21 Å². The molecular formula is C16H27NOS. The molecule has 0 aliphatic rings. The number of hydrogen-bond acceptors (Lipinski definition) is 2. The largest absolute Gasteiger partial charge is 0.323 e. The Hall–Kier alpha value is -0.670. The van der Waals surface area contributed by atoms with E-state index in [9.17, 15) is 4.21 Å². The van der Waals surface area contributed by atoms with Crippen molar-refractivity contribution in [1.82, 2.24) is 0 Å². The number of rotatable bonds is 8. The van der Waals surface area contributed by atoms with Gasteiger partial charge >= 0.3 is 0 Å². The third-order valence-electron chi connectivity index (χ3n) is 3.48. The van der Waals surface area contributed by atoms with Crippen LogP contribution in [-0.2, 0) is 17.2 Å². The fourth-order valence-electron chi connectivity index (χ4n) is 2.02. The predicted octanol–water partition coefficient (Wildman–Crippen LogP) is 3.43. The molecule has 0 aliphatic carbocycles. The highest BCUT2D eigenvalue weighted by Gasteiger charge is 2.12. The molecule has 1 aromatic carbocycles. The lowest BCUT2D eigenvalue weighted by Crippen LogP contribution is -2.21. The molecule has 2 nitrogen and oxygen atoms in total. The quantitative estimate of drug-likeness (QED) is 0.793. The van der Waals surface area contributed by atoms with Crippen LogP contribution in [0.5, 0.6) is 0 Å². The van der Waals surface area contributed by atoms with E-state index in [1.54, 1.807) is 0 Å². The Morgan fingerprint density at radius 3 is 2.32 bits per heavy atom. The Kier molecular flexibility index (Phi) is 7.32. The molecule has 0 heterocycles. The van der Waals surface area contributed by atoms with Crippen molar-refractivity contribution in [3.8, 4) is 0 Å². The average molecular weight is 281 g/mol. The minimum Gasteiger partial charge on any atom is -0.323 e. The summed E-state index contributed by atoms with van der Waals surface area (Å²) in [6.07, 6.45) is 3.34. The van der Waals surface area contributed by atoms with E-state index in [0.717, 1.165) is 30.6 Å². The highest BCUT2D eigenvalue weighted by molar-refractivity contribution is 7.85. The monoisotopic (exact) mass is 281 g/mol. The molecule has 0 saturated carbocycles. The van der Waals surface area contributed by atoms with Gasteiger partial charge in [-0.15, -0.1) is 0 Å². The second kappa shape index (κ2) is 8.49. The van der Waals surface area contributed by atoms with Crippen LogP contribution in [0.1, 0.15) is 50.8 Å². The van der Waals surface area contributed by atoms with E-state index in [-0.39, 0.29) is 6.04 Å². The van der Waals surface area contributed by atoms with Crippen LogP contribution in [0.3, 0.4) is 0 Å². The molecule has 0 bridgehead atoms. The van der Waals surface area contributed by atoms with E-state index in [2.05, 4.69) is 45.0 Å². The summed E-state index contributed by atoms with van der Waals surface area (Å²) in [5.74, 6) is 1.84. The highest BCUT2D eigenvalue weighted by atomic mass is 32.2. The van der Waals surface area contributed by atoms with Crippen LogP contribution < -0.4 is 5.73 Å². The van der Waals surface area contributed by atoms with Gasteiger partial charge in [0.15, 0.2) is 0 Å². The van der Waals surface area contributed by atoms with Crippen LogP contribution >= 0.6 is 0 Å². The van der Waals surface area contributed by atoms with Crippen molar-refractivity contribution in [3.63, 3.8) is 0 Å². The van der Waals surface area contributed by atoms with E-state index in [1.165, 1.54) is 5.56 Å². The molecule has 0 radical (unpaired) electrons. The molecule has 3 unspecified atom stereocenters. The second-order valence-electron chi connectivity index (χ2n) is 5.38. The summed E-state index contributed by atoms with van der Waals surface area (Å²) in [7, 11) is -0.814.